The van der Waals surface area contributed by atoms with E-state index in [1.807, 2.05) is 0 Å². The second kappa shape index (κ2) is 5.68. The highest BCUT2D eigenvalue weighted by atomic mass is 127. The van der Waals surface area contributed by atoms with Gasteiger partial charge in [-0.15, -0.1) is 0 Å². The molecule has 0 unspecified atom stereocenters. The van der Waals surface area contributed by atoms with Crippen molar-refractivity contribution >= 4 is 28.6 Å². The summed E-state index contributed by atoms with van der Waals surface area (Å²) in [6.07, 6.45) is 0. The van der Waals surface area contributed by atoms with Crippen molar-refractivity contribution in [3.8, 4) is 11.3 Å². The van der Waals surface area contributed by atoms with E-state index in [4.69, 9.17) is 9.26 Å². The van der Waals surface area contributed by atoms with E-state index in [2.05, 4.69) is 27.7 Å². The van der Waals surface area contributed by atoms with Crippen LogP contribution >= 0.6 is 22.6 Å². The smallest absolute Gasteiger partial charge is 0.344 e. The summed E-state index contributed by atoms with van der Waals surface area (Å²) in [7, 11) is 0. The lowest BCUT2D eigenvalue weighted by molar-refractivity contribution is 0.0525. The van der Waals surface area contributed by atoms with Crippen LogP contribution in [0.1, 0.15) is 23.0 Å². The van der Waals surface area contributed by atoms with Crippen molar-refractivity contribution in [3.05, 3.63) is 38.9 Å². The second-order valence-electron chi connectivity index (χ2n) is 3.81. The third-order valence-corrected chi connectivity index (χ3v) is 3.20. The first-order valence-corrected chi connectivity index (χ1v) is 6.71. The highest BCUT2D eigenvalue weighted by Gasteiger charge is 2.24. The van der Waals surface area contributed by atoms with Gasteiger partial charge in [-0.05, 0) is 54.6 Å². The number of esters is 1. The minimum atomic E-state index is -0.561. The summed E-state index contributed by atoms with van der Waals surface area (Å²) in [6.45, 7) is 3.53. The molecule has 0 spiro atoms. The largest absolute Gasteiger partial charge is 0.462 e. The number of benzene rings is 1. The van der Waals surface area contributed by atoms with E-state index < -0.39 is 11.8 Å². The van der Waals surface area contributed by atoms with Crippen LogP contribution < -0.4 is 0 Å². The van der Waals surface area contributed by atoms with Crippen molar-refractivity contribution in [2.24, 2.45) is 0 Å². The van der Waals surface area contributed by atoms with Gasteiger partial charge in [-0.3, -0.25) is 0 Å². The van der Waals surface area contributed by atoms with Crippen molar-refractivity contribution in [2.75, 3.05) is 6.61 Å². The van der Waals surface area contributed by atoms with E-state index in [9.17, 15) is 9.18 Å². The SMILES string of the molecule is CCOC(=O)c1c(-c2cc(I)ccc2F)noc1C. The molecule has 0 atom stereocenters. The average molecular weight is 375 g/mol. The van der Waals surface area contributed by atoms with Crippen molar-refractivity contribution in [2.45, 2.75) is 13.8 Å². The summed E-state index contributed by atoms with van der Waals surface area (Å²) < 4.78 is 24.6. The maximum absolute atomic E-state index is 13.9. The fraction of sp³-hybridized carbons (Fsp3) is 0.231. The average Bonchev–Trinajstić information content (AvgIpc) is 2.74. The highest BCUT2D eigenvalue weighted by Crippen LogP contribution is 2.29. The number of aryl methyl sites for hydroxylation is 1. The number of carbonyl (C=O) groups is 1. The molecule has 100 valence electrons. The highest BCUT2D eigenvalue weighted by molar-refractivity contribution is 14.1. The van der Waals surface area contributed by atoms with Crippen LogP contribution in [0, 0.1) is 16.3 Å². The molecule has 1 aromatic carbocycles. The number of carbonyl (C=O) groups excluding carboxylic acids is 1. The summed E-state index contributed by atoms with van der Waals surface area (Å²) in [5.74, 6) is -0.708. The minimum absolute atomic E-state index is 0.169. The van der Waals surface area contributed by atoms with Gasteiger partial charge in [0, 0.05) is 9.13 Å². The van der Waals surface area contributed by atoms with E-state index in [0.717, 1.165) is 3.57 Å². The zero-order chi connectivity index (χ0) is 14.0. The first-order valence-electron chi connectivity index (χ1n) is 5.63. The van der Waals surface area contributed by atoms with Crippen LogP contribution in [0.15, 0.2) is 22.7 Å². The first kappa shape index (κ1) is 14.0. The quantitative estimate of drug-likeness (QED) is 0.608. The first-order chi connectivity index (χ1) is 9.04. The molecule has 0 radical (unpaired) electrons. The maximum atomic E-state index is 13.9. The number of aromatic nitrogens is 1. The summed E-state index contributed by atoms with van der Waals surface area (Å²) >= 11 is 2.06. The Morgan fingerprint density at radius 1 is 1.53 bits per heavy atom. The van der Waals surface area contributed by atoms with E-state index >= 15 is 0 Å². The zero-order valence-corrected chi connectivity index (χ0v) is 12.5. The number of halogens is 2. The minimum Gasteiger partial charge on any atom is -0.462 e. The molecule has 0 aliphatic heterocycles. The van der Waals surface area contributed by atoms with Crippen molar-refractivity contribution < 1.29 is 18.4 Å². The van der Waals surface area contributed by atoms with Gasteiger partial charge >= 0.3 is 5.97 Å². The lowest BCUT2D eigenvalue weighted by atomic mass is 10.1. The van der Waals surface area contributed by atoms with Gasteiger partial charge in [0.1, 0.15) is 22.8 Å². The van der Waals surface area contributed by atoms with Gasteiger partial charge in [-0.2, -0.15) is 0 Å². The normalized spacial score (nSPS) is 10.5. The van der Waals surface area contributed by atoms with Gasteiger partial charge < -0.3 is 9.26 Å². The van der Waals surface area contributed by atoms with Gasteiger partial charge in [0.2, 0.25) is 0 Å². The molecule has 2 rings (SSSR count). The van der Waals surface area contributed by atoms with Crippen LogP contribution in [0.2, 0.25) is 0 Å². The van der Waals surface area contributed by atoms with Crippen molar-refractivity contribution in [3.63, 3.8) is 0 Å². The van der Waals surface area contributed by atoms with Gasteiger partial charge in [-0.1, -0.05) is 5.16 Å². The van der Waals surface area contributed by atoms with E-state index in [-0.39, 0.29) is 23.4 Å². The molecular formula is C13H11FINO3. The number of hydrogen-bond acceptors (Lipinski definition) is 4. The number of nitrogens with zero attached hydrogens (tertiary/aromatic N) is 1. The maximum Gasteiger partial charge on any atom is 0.344 e. The summed E-state index contributed by atoms with van der Waals surface area (Å²) in [5.41, 5.74) is 0.571. The molecule has 0 saturated heterocycles. The number of rotatable bonds is 3. The standard InChI is InChI=1S/C13H11FINO3/c1-3-18-13(17)11-7(2)19-16-12(11)9-6-8(15)4-5-10(9)14/h4-6H,3H2,1-2H3. The zero-order valence-electron chi connectivity index (χ0n) is 10.4. The van der Waals surface area contributed by atoms with Crippen LogP contribution in [0.25, 0.3) is 11.3 Å². The third-order valence-electron chi connectivity index (χ3n) is 2.53. The molecule has 19 heavy (non-hydrogen) atoms. The van der Waals surface area contributed by atoms with E-state index in [1.165, 1.54) is 6.07 Å². The van der Waals surface area contributed by atoms with Crippen LogP contribution in [-0.2, 0) is 4.74 Å². The van der Waals surface area contributed by atoms with Crippen molar-refractivity contribution in [1.82, 2.24) is 5.16 Å². The van der Waals surface area contributed by atoms with Crippen LogP contribution in [0.3, 0.4) is 0 Å². The van der Waals surface area contributed by atoms with Crippen LogP contribution in [0.5, 0.6) is 0 Å². The van der Waals surface area contributed by atoms with Gasteiger partial charge in [0.05, 0.1) is 6.61 Å². The Kier molecular flexibility index (Phi) is 4.18. The number of hydrogen-bond donors (Lipinski definition) is 0. The molecule has 1 aromatic heterocycles. The summed E-state index contributed by atoms with van der Waals surface area (Å²) in [4.78, 5) is 11.9. The second-order valence-corrected chi connectivity index (χ2v) is 5.05. The van der Waals surface area contributed by atoms with Crippen LogP contribution in [-0.4, -0.2) is 17.7 Å². The van der Waals surface area contributed by atoms with E-state index in [1.54, 1.807) is 26.0 Å². The Morgan fingerprint density at radius 3 is 2.95 bits per heavy atom. The molecule has 6 heteroatoms. The Bertz CT molecular complexity index is 624. The molecule has 0 amide bonds. The molecule has 0 aliphatic carbocycles. The fourth-order valence-electron chi connectivity index (χ4n) is 1.68. The predicted octanol–water partition coefficient (Wildman–Crippen LogP) is 3.57. The van der Waals surface area contributed by atoms with Crippen LogP contribution in [0.4, 0.5) is 4.39 Å². The van der Waals surface area contributed by atoms with Gasteiger partial charge in [-0.25, -0.2) is 9.18 Å². The molecule has 0 aliphatic rings. The topological polar surface area (TPSA) is 52.3 Å². The lowest BCUT2D eigenvalue weighted by Crippen LogP contribution is -2.07. The monoisotopic (exact) mass is 375 g/mol. The lowest BCUT2D eigenvalue weighted by Gasteiger charge is -2.04. The fourth-order valence-corrected chi connectivity index (χ4v) is 2.17. The molecule has 0 N–H and O–H groups in total. The molecule has 0 fully saturated rings. The summed E-state index contributed by atoms with van der Waals surface area (Å²) in [5, 5.41) is 3.77. The van der Waals surface area contributed by atoms with Crippen molar-refractivity contribution in [1.29, 1.82) is 0 Å². The Balaban J connectivity index is 2.57. The molecule has 0 saturated carbocycles. The predicted molar refractivity (Wildman–Crippen MR) is 75.3 cm³/mol. The van der Waals surface area contributed by atoms with E-state index in [0.29, 0.717) is 5.76 Å². The number of ether oxygens (including phenoxy) is 1. The molecule has 2 aromatic rings. The summed E-state index contributed by atoms with van der Waals surface area (Å²) in [6, 6.07) is 4.57. The van der Waals surface area contributed by atoms with Gasteiger partial charge in [0.25, 0.3) is 0 Å². The van der Waals surface area contributed by atoms with Gasteiger partial charge in [0.15, 0.2) is 0 Å². The molecular weight excluding hydrogens is 364 g/mol. The molecule has 0 bridgehead atoms. The Labute approximate surface area is 123 Å². The Hall–Kier alpha value is -1.44. The third kappa shape index (κ3) is 2.78. The Morgan fingerprint density at radius 2 is 2.26 bits per heavy atom. The molecule has 4 nitrogen and oxygen atoms in total. The molecule has 1 heterocycles.